The van der Waals surface area contributed by atoms with Crippen LogP contribution < -0.4 is 15.4 Å². The fourth-order valence-electron chi connectivity index (χ4n) is 1.42. The molecule has 116 valence electrons. The number of hydrogen-bond donors (Lipinski definition) is 2. The van der Waals surface area contributed by atoms with Gasteiger partial charge in [0.1, 0.15) is 23.9 Å². The van der Waals surface area contributed by atoms with Crippen molar-refractivity contribution in [1.29, 1.82) is 5.26 Å². The van der Waals surface area contributed by atoms with Crippen molar-refractivity contribution in [3.63, 3.8) is 0 Å². The van der Waals surface area contributed by atoms with Gasteiger partial charge in [0.2, 0.25) is 0 Å². The highest BCUT2D eigenvalue weighted by Gasteiger charge is 2.13. The number of esters is 1. The summed E-state index contributed by atoms with van der Waals surface area (Å²) in [5.41, 5.74) is 0.111. The number of nitrogens with one attached hydrogen (secondary N) is 2. The number of methoxy groups -OCH3 is 2. The molecule has 1 amide bonds. The summed E-state index contributed by atoms with van der Waals surface area (Å²) in [7, 11) is 2.68. The fourth-order valence-corrected chi connectivity index (χ4v) is 1.60. The summed E-state index contributed by atoms with van der Waals surface area (Å²) in [4.78, 5) is 22.9. The van der Waals surface area contributed by atoms with E-state index < -0.39 is 11.9 Å². The number of nitriles is 1. The Hall–Kier alpha value is -2.72. The van der Waals surface area contributed by atoms with E-state index >= 15 is 0 Å². The largest absolute Gasteiger partial charge is 0.495 e. The summed E-state index contributed by atoms with van der Waals surface area (Å²) < 4.78 is 9.51. The van der Waals surface area contributed by atoms with Crippen molar-refractivity contribution in [1.82, 2.24) is 5.32 Å². The van der Waals surface area contributed by atoms with Crippen LogP contribution in [-0.4, -0.2) is 32.6 Å². The number of nitrogens with zero attached hydrogens (tertiary/aromatic N) is 1. The highest BCUT2D eigenvalue weighted by atomic mass is 35.5. The summed E-state index contributed by atoms with van der Waals surface area (Å²) in [5.74, 6) is -0.788. The number of carbonyl (C=O) groups is 2. The summed E-state index contributed by atoms with van der Waals surface area (Å²) >= 11 is 5.85. The van der Waals surface area contributed by atoms with Gasteiger partial charge in [0.25, 0.3) is 5.91 Å². The van der Waals surface area contributed by atoms with Gasteiger partial charge in [0.15, 0.2) is 0 Å². The number of hydrogen-bond acceptors (Lipinski definition) is 6. The first kappa shape index (κ1) is 17.3. The van der Waals surface area contributed by atoms with Crippen molar-refractivity contribution in [2.45, 2.75) is 0 Å². The van der Waals surface area contributed by atoms with Crippen LogP contribution in [0.4, 0.5) is 5.69 Å². The summed E-state index contributed by atoms with van der Waals surface area (Å²) in [6.45, 7) is -0.157. The van der Waals surface area contributed by atoms with E-state index in [9.17, 15) is 9.59 Å². The van der Waals surface area contributed by atoms with Crippen LogP contribution in [0.5, 0.6) is 5.75 Å². The summed E-state index contributed by atoms with van der Waals surface area (Å²) in [6, 6.07) is 6.41. The Morgan fingerprint density at radius 2 is 2.14 bits per heavy atom. The standard InChI is InChI=1S/C14H14ClN3O4/c1-21-12-4-3-10(15)5-11(12)18-14(20)9(6-16)7-17-8-13(19)22-2/h3-5,7,17H,8H2,1-2H3,(H,18,20)/b9-7-. The topological polar surface area (TPSA) is 100 Å². The Balaban J connectivity index is 2.82. The first-order valence-electron chi connectivity index (χ1n) is 6.07. The van der Waals surface area contributed by atoms with E-state index in [0.29, 0.717) is 16.5 Å². The van der Waals surface area contributed by atoms with Crippen LogP contribution in [0.2, 0.25) is 5.02 Å². The summed E-state index contributed by atoms with van der Waals surface area (Å²) in [6.07, 6.45) is 1.13. The second kappa shape index (κ2) is 8.54. The number of amides is 1. The summed E-state index contributed by atoms with van der Waals surface area (Å²) in [5, 5.41) is 14.4. The van der Waals surface area contributed by atoms with Gasteiger partial charge >= 0.3 is 5.97 Å². The third-order valence-electron chi connectivity index (χ3n) is 2.50. The number of anilines is 1. The monoisotopic (exact) mass is 323 g/mol. The molecule has 0 aliphatic carbocycles. The van der Waals surface area contributed by atoms with Crippen LogP contribution in [0.15, 0.2) is 30.0 Å². The first-order chi connectivity index (χ1) is 10.5. The molecule has 0 radical (unpaired) electrons. The van der Waals surface area contributed by atoms with Gasteiger partial charge in [-0.2, -0.15) is 5.26 Å². The van der Waals surface area contributed by atoms with E-state index in [0.717, 1.165) is 6.20 Å². The molecule has 0 unspecified atom stereocenters. The van der Waals surface area contributed by atoms with E-state index in [1.165, 1.54) is 20.3 Å². The van der Waals surface area contributed by atoms with E-state index in [1.54, 1.807) is 18.2 Å². The van der Waals surface area contributed by atoms with Crippen molar-refractivity contribution < 1.29 is 19.1 Å². The first-order valence-corrected chi connectivity index (χ1v) is 6.45. The predicted molar refractivity (Wildman–Crippen MR) is 80.3 cm³/mol. The average Bonchev–Trinajstić information content (AvgIpc) is 2.51. The molecule has 2 N–H and O–H groups in total. The van der Waals surface area contributed by atoms with Crippen molar-refractivity contribution in [3.05, 3.63) is 35.0 Å². The van der Waals surface area contributed by atoms with Crippen LogP contribution >= 0.6 is 11.6 Å². The van der Waals surface area contributed by atoms with Gasteiger partial charge in [-0.15, -0.1) is 0 Å². The molecule has 22 heavy (non-hydrogen) atoms. The molecule has 0 heterocycles. The number of carbonyl (C=O) groups excluding carboxylic acids is 2. The number of halogens is 1. The van der Waals surface area contributed by atoms with Gasteiger partial charge in [-0.05, 0) is 18.2 Å². The lowest BCUT2D eigenvalue weighted by atomic mass is 10.2. The Labute approximate surface area is 132 Å². The molecule has 0 aromatic heterocycles. The molecule has 0 atom stereocenters. The highest BCUT2D eigenvalue weighted by Crippen LogP contribution is 2.27. The Morgan fingerprint density at radius 3 is 2.73 bits per heavy atom. The number of rotatable bonds is 6. The van der Waals surface area contributed by atoms with Gasteiger partial charge < -0.3 is 20.1 Å². The van der Waals surface area contributed by atoms with Crippen LogP contribution in [0.3, 0.4) is 0 Å². The van der Waals surface area contributed by atoms with Crippen molar-refractivity contribution >= 4 is 29.2 Å². The lowest BCUT2D eigenvalue weighted by Crippen LogP contribution is -2.22. The van der Waals surface area contributed by atoms with Gasteiger partial charge in [-0.3, -0.25) is 9.59 Å². The smallest absolute Gasteiger partial charge is 0.325 e. The lowest BCUT2D eigenvalue weighted by Gasteiger charge is -2.10. The van der Waals surface area contributed by atoms with Crippen LogP contribution in [0.1, 0.15) is 0 Å². The molecular formula is C14H14ClN3O4. The molecule has 1 rings (SSSR count). The third kappa shape index (κ3) is 5.00. The maximum Gasteiger partial charge on any atom is 0.325 e. The third-order valence-corrected chi connectivity index (χ3v) is 2.73. The normalized spacial score (nSPS) is 10.4. The lowest BCUT2D eigenvalue weighted by molar-refractivity contribution is -0.139. The van der Waals surface area contributed by atoms with Crippen molar-refractivity contribution in [2.24, 2.45) is 0 Å². The van der Waals surface area contributed by atoms with Gasteiger partial charge in [0, 0.05) is 11.2 Å². The fraction of sp³-hybridized carbons (Fsp3) is 0.214. The Morgan fingerprint density at radius 1 is 1.41 bits per heavy atom. The molecule has 1 aromatic rings. The van der Waals surface area contributed by atoms with E-state index in [4.69, 9.17) is 21.6 Å². The van der Waals surface area contributed by atoms with Gasteiger partial charge in [-0.1, -0.05) is 11.6 Å². The molecular weight excluding hydrogens is 310 g/mol. The quantitative estimate of drug-likeness (QED) is 0.467. The molecule has 1 aromatic carbocycles. The molecule has 0 spiro atoms. The zero-order valence-electron chi connectivity index (χ0n) is 12.0. The molecule has 0 aliphatic heterocycles. The predicted octanol–water partition coefficient (Wildman–Crippen LogP) is 1.46. The molecule has 0 saturated heterocycles. The van der Waals surface area contributed by atoms with E-state index in [2.05, 4.69) is 15.4 Å². The second-order valence-corrected chi connectivity index (χ2v) is 4.36. The Kier molecular flexibility index (Phi) is 6.73. The maximum absolute atomic E-state index is 12.0. The van der Waals surface area contributed by atoms with Crippen molar-refractivity contribution in [2.75, 3.05) is 26.1 Å². The zero-order valence-corrected chi connectivity index (χ0v) is 12.7. The molecule has 0 fully saturated rings. The van der Waals surface area contributed by atoms with Crippen LogP contribution in [-0.2, 0) is 14.3 Å². The molecule has 0 aliphatic rings. The average molecular weight is 324 g/mol. The molecule has 8 heteroatoms. The molecule has 0 bridgehead atoms. The zero-order chi connectivity index (χ0) is 16.5. The van der Waals surface area contributed by atoms with Gasteiger partial charge in [0.05, 0.1) is 19.9 Å². The molecule has 0 saturated carbocycles. The minimum atomic E-state index is -0.666. The minimum Gasteiger partial charge on any atom is -0.495 e. The SMILES string of the molecule is COC(=O)CN/C=C(/C#N)C(=O)Nc1cc(Cl)ccc1OC. The molecule has 7 nitrogen and oxygen atoms in total. The second-order valence-electron chi connectivity index (χ2n) is 3.93. The maximum atomic E-state index is 12.0. The van der Waals surface area contributed by atoms with Gasteiger partial charge in [-0.25, -0.2) is 0 Å². The van der Waals surface area contributed by atoms with Crippen LogP contribution in [0.25, 0.3) is 0 Å². The van der Waals surface area contributed by atoms with Crippen LogP contribution in [0, 0.1) is 11.3 Å². The Bertz CT molecular complexity index is 637. The van der Waals surface area contributed by atoms with E-state index in [-0.39, 0.29) is 12.1 Å². The number of benzene rings is 1. The minimum absolute atomic E-state index is 0.157. The highest BCUT2D eigenvalue weighted by molar-refractivity contribution is 6.31. The van der Waals surface area contributed by atoms with E-state index in [1.807, 2.05) is 0 Å². The van der Waals surface area contributed by atoms with Crippen molar-refractivity contribution in [3.8, 4) is 11.8 Å². The number of ether oxygens (including phenoxy) is 2.